The first-order valence-electron chi connectivity index (χ1n) is 12.2. The van der Waals surface area contributed by atoms with E-state index in [0.29, 0.717) is 0 Å². The van der Waals surface area contributed by atoms with E-state index in [9.17, 15) is 0 Å². The van der Waals surface area contributed by atoms with Gasteiger partial charge in [0.05, 0.1) is 12.2 Å². The topological polar surface area (TPSA) is 46.2 Å². The molecule has 3 atom stereocenters. The average Bonchev–Trinajstić information content (AvgIpc) is 2.44. The van der Waals surface area contributed by atoms with Crippen LogP contribution >= 0.6 is 0 Å². The fourth-order valence-corrected chi connectivity index (χ4v) is 79.1. The summed E-state index contributed by atoms with van der Waals surface area (Å²) in [6, 6.07) is 1.13. The molecule has 0 heterocycles. The summed E-state index contributed by atoms with van der Waals surface area (Å²) in [5.41, 5.74) is 0. The molecule has 0 N–H and O–H groups in total. The zero-order valence-electron chi connectivity index (χ0n) is 24.3. The van der Waals surface area contributed by atoms with E-state index in [0.717, 1.165) is 16.5 Å². The van der Waals surface area contributed by atoms with Crippen molar-refractivity contribution in [1.82, 2.24) is 0 Å². The zero-order valence-corrected chi connectivity index (χ0v) is 35.1. The van der Waals surface area contributed by atoms with E-state index in [2.05, 4.69) is 98.6 Å². The van der Waals surface area contributed by atoms with Gasteiger partial charge in [0.2, 0.25) is 0 Å². The highest BCUT2D eigenvalue weighted by Crippen LogP contribution is 2.30. The summed E-state index contributed by atoms with van der Waals surface area (Å²) in [7, 11) is -9.16. The largest absolute Gasteiger partial charge is 0.468 e. The van der Waals surface area contributed by atoms with Gasteiger partial charge in [-0.1, -0.05) is 0 Å². The summed E-state index contributed by atoms with van der Waals surface area (Å²) in [5, 5.41) is 0. The molecular weight excluding hydrogens is 549 g/mol. The minimum atomic E-state index is -2.02. The van der Waals surface area contributed by atoms with Gasteiger partial charge in [-0.25, -0.2) is 0 Å². The van der Waals surface area contributed by atoms with Crippen LogP contribution in [0.2, 0.25) is 97.7 Å². The first kappa shape index (κ1) is 33.8. The third kappa shape index (κ3) is 13.7. The summed E-state index contributed by atoms with van der Waals surface area (Å²) in [6.07, 6.45) is 0.317. The van der Waals surface area contributed by atoms with Gasteiger partial charge in [-0.3, -0.25) is 0 Å². The molecule has 0 radical (unpaired) electrons. The zero-order chi connectivity index (χ0) is 25.8. The van der Waals surface area contributed by atoms with E-state index >= 15 is 0 Å². The van der Waals surface area contributed by atoms with Gasteiger partial charge < -0.3 is 21.2 Å². The van der Waals surface area contributed by atoms with E-state index in [1.54, 1.807) is 0 Å². The lowest BCUT2D eigenvalue weighted by molar-refractivity contribution is 0.0681. The highest BCUT2D eigenvalue weighted by molar-refractivity contribution is 7.74. The SMILES string of the molecule is CC(O[Si](C)(C)C)C(C[SiH2][Si](O[Si](C)(C)C)([SiH2]O[SiH3])[Si](C)(C)O[Si](C)(C)C)O[Si](C)(C)C. The van der Waals surface area contributed by atoms with Gasteiger partial charge in [-0.15, -0.1) is 0 Å². The quantitative estimate of drug-likeness (QED) is 0.268. The third-order valence-corrected chi connectivity index (χ3v) is 63.2. The Bertz CT molecular complexity index is 567. The van der Waals surface area contributed by atoms with Gasteiger partial charge in [-0.2, -0.15) is 0 Å². The number of hydrogen-bond acceptors (Lipinski definition) is 5. The Kier molecular flexibility index (Phi) is 13.0. The van der Waals surface area contributed by atoms with Crippen LogP contribution < -0.4 is 0 Å². The molecule has 3 unspecified atom stereocenters. The Morgan fingerprint density at radius 3 is 1.44 bits per heavy atom. The number of rotatable bonds is 15. The monoisotopic (exact) mass is 604 g/mol. The third-order valence-electron chi connectivity index (χ3n) is 4.94. The van der Waals surface area contributed by atoms with Crippen molar-refractivity contribution < 1.29 is 21.2 Å². The van der Waals surface area contributed by atoms with Crippen LogP contribution in [0.15, 0.2) is 0 Å². The number of hydrogen-bond donors (Lipinski definition) is 0. The highest BCUT2D eigenvalue weighted by atomic mass is 29.9. The van der Waals surface area contributed by atoms with Crippen molar-refractivity contribution in [3.63, 3.8) is 0 Å². The lowest BCUT2D eigenvalue weighted by Crippen LogP contribution is -2.76. The predicted molar refractivity (Wildman–Crippen MR) is 167 cm³/mol. The summed E-state index contributed by atoms with van der Waals surface area (Å²) >= 11 is 0. The van der Waals surface area contributed by atoms with Crippen LogP contribution in [0.3, 0.4) is 0 Å². The molecule has 0 aliphatic carbocycles. The Morgan fingerprint density at radius 1 is 0.656 bits per heavy atom. The molecule has 5 nitrogen and oxygen atoms in total. The Labute approximate surface area is 213 Å². The molecule has 0 saturated heterocycles. The predicted octanol–water partition coefficient (Wildman–Crippen LogP) is 3.34. The maximum Gasteiger partial charge on any atom is 0.189 e. The molecule has 0 aromatic carbocycles. The fourth-order valence-electron chi connectivity index (χ4n) is 4.28. The molecule has 0 fully saturated rings. The van der Waals surface area contributed by atoms with Gasteiger partial charge in [-0.05, 0) is 105 Å². The van der Waals surface area contributed by atoms with Gasteiger partial charge in [0.1, 0.15) is 10.5 Å². The molecule has 0 aliphatic heterocycles. The smallest absolute Gasteiger partial charge is 0.189 e. The molecule has 0 aliphatic rings. The second-order valence-electron chi connectivity index (χ2n) is 13.6. The van der Waals surface area contributed by atoms with E-state index in [1.165, 1.54) is 0 Å². The first-order valence-corrected chi connectivity index (χ1v) is 38.7. The van der Waals surface area contributed by atoms with Gasteiger partial charge >= 0.3 is 0 Å². The molecule has 0 aromatic heterocycles. The Hall–Kier alpha value is 1.75. The molecular formula is C18H56O5Si9. The molecule has 32 heavy (non-hydrogen) atoms. The molecule has 0 rings (SSSR count). The summed E-state index contributed by atoms with van der Waals surface area (Å²) in [4.78, 5) is 0. The summed E-state index contributed by atoms with van der Waals surface area (Å²) in [6.45, 7) is 33.0. The lowest BCUT2D eigenvalue weighted by Gasteiger charge is -2.49. The van der Waals surface area contributed by atoms with Crippen molar-refractivity contribution in [2.75, 3.05) is 0 Å². The summed E-state index contributed by atoms with van der Waals surface area (Å²) in [5.74, 6) is 0. The van der Waals surface area contributed by atoms with E-state index in [4.69, 9.17) is 21.2 Å². The van der Waals surface area contributed by atoms with Crippen LogP contribution in [0.4, 0.5) is 0 Å². The Balaban J connectivity index is 6.15. The van der Waals surface area contributed by atoms with Crippen LogP contribution in [-0.4, -0.2) is 89.0 Å². The normalized spacial score (nSPS) is 19.2. The first-order chi connectivity index (χ1) is 13.9. The van der Waals surface area contributed by atoms with E-state index in [1.807, 2.05) is 0 Å². The van der Waals surface area contributed by atoms with Gasteiger partial charge in [0.15, 0.2) is 57.3 Å². The van der Waals surface area contributed by atoms with Crippen LogP contribution in [0.25, 0.3) is 0 Å². The molecule has 194 valence electrons. The van der Waals surface area contributed by atoms with Crippen molar-refractivity contribution in [1.29, 1.82) is 0 Å². The molecule has 0 amide bonds. The highest BCUT2D eigenvalue weighted by Gasteiger charge is 2.56. The van der Waals surface area contributed by atoms with Gasteiger partial charge in [0, 0.05) is 9.04 Å². The molecule has 0 bridgehead atoms. The van der Waals surface area contributed by atoms with Gasteiger partial charge in [0.25, 0.3) is 0 Å². The second kappa shape index (κ2) is 12.3. The molecule has 0 saturated carbocycles. The van der Waals surface area contributed by atoms with Crippen molar-refractivity contribution >= 4 is 76.8 Å². The van der Waals surface area contributed by atoms with Crippen molar-refractivity contribution in [2.45, 2.75) is 117 Å². The molecule has 0 spiro atoms. The maximum absolute atomic E-state index is 7.32. The fraction of sp³-hybridized carbons (Fsp3) is 1.00. The van der Waals surface area contributed by atoms with Crippen LogP contribution in [0.5, 0.6) is 0 Å². The van der Waals surface area contributed by atoms with Crippen molar-refractivity contribution in [2.24, 2.45) is 0 Å². The van der Waals surface area contributed by atoms with Crippen molar-refractivity contribution in [3.05, 3.63) is 0 Å². The summed E-state index contributed by atoms with van der Waals surface area (Å²) < 4.78 is 33.9. The van der Waals surface area contributed by atoms with Crippen LogP contribution in [-0.2, 0) is 21.2 Å². The molecule has 0 aromatic rings. The van der Waals surface area contributed by atoms with E-state index in [-0.39, 0.29) is 12.2 Å². The minimum absolute atomic E-state index is 0.140. The van der Waals surface area contributed by atoms with Crippen molar-refractivity contribution in [3.8, 4) is 0 Å². The maximum atomic E-state index is 7.32. The lowest BCUT2D eigenvalue weighted by atomic mass is 10.3. The second-order valence-corrected chi connectivity index (χ2v) is 64.1. The standard InChI is InChI=1S/C18H56O5Si9/c1-17(19-27(2,3)4)18(20-28(5,6)7)16-25-32(26-21-24,23-30(11,12)13)31(14,15)22-29(8,9)10/h17-18H,16,25-26H2,1-15,24H3. The Morgan fingerprint density at radius 2 is 1.09 bits per heavy atom. The van der Waals surface area contributed by atoms with Crippen LogP contribution in [0, 0.1) is 0 Å². The minimum Gasteiger partial charge on any atom is -0.468 e. The van der Waals surface area contributed by atoms with Crippen LogP contribution in [0.1, 0.15) is 6.92 Å². The average molecular weight is 605 g/mol. The van der Waals surface area contributed by atoms with E-state index < -0.39 is 66.3 Å². The molecule has 14 heteroatoms.